The number of imide groups is 1. The van der Waals surface area contributed by atoms with E-state index in [-0.39, 0.29) is 12.2 Å². The fourth-order valence-corrected chi connectivity index (χ4v) is 1.94. The van der Waals surface area contributed by atoms with E-state index in [0.29, 0.717) is 5.56 Å². The number of nitrogens with zero attached hydrogens (tertiary/aromatic N) is 1. The monoisotopic (exact) mass is 294 g/mol. The van der Waals surface area contributed by atoms with Gasteiger partial charge in [-0.05, 0) is 35.4 Å². The molecule has 1 N–H and O–H groups in total. The van der Waals surface area contributed by atoms with Crippen molar-refractivity contribution in [3.8, 4) is 6.07 Å². The molecule has 2 aromatic rings. The van der Waals surface area contributed by atoms with E-state index in [4.69, 9.17) is 5.26 Å². The number of fused-ring (bicyclic) bond motifs is 1. The molecule has 5 nitrogen and oxygen atoms in total. The van der Waals surface area contributed by atoms with Crippen LogP contribution in [-0.4, -0.2) is 18.6 Å². The predicted octanol–water partition coefficient (Wildman–Crippen LogP) is 3.02. The minimum Gasteiger partial charge on any atom is -0.450 e. The zero-order chi connectivity index (χ0) is 15.9. The van der Waals surface area contributed by atoms with Gasteiger partial charge in [0.15, 0.2) is 0 Å². The standard InChI is InChI=1S/C17H14N2O3/c1-2-22-17(21)19-16(20)15(11-18)10-12-7-8-13-5-3-4-6-14(13)9-12/h3-10H,2H2,1H3,(H,19,20,21)/b15-10+. The first kappa shape index (κ1) is 15.3. The van der Waals surface area contributed by atoms with Gasteiger partial charge in [-0.15, -0.1) is 0 Å². The molecular weight excluding hydrogens is 280 g/mol. The number of hydrogen-bond donors (Lipinski definition) is 1. The number of benzene rings is 2. The summed E-state index contributed by atoms with van der Waals surface area (Å²) in [6, 6.07) is 15.1. The van der Waals surface area contributed by atoms with Crippen LogP contribution in [-0.2, 0) is 9.53 Å². The highest BCUT2D eigenvalue weighted by Crippen LogP contribution is 2.17. The van der Waals surface area contributed by atoms with Crippen LogP contribution < -0.4 is 5.32 Å². The van der Waals surface area contributed by atoms with Crippen molar-refractivity contribution in [2.24, 2.45) is 0 Å². The van der Waals surface area contributed by atoms with Gasteiger partial charge in [-0.25, -0.2) is 4.79 Å². The van der Waals surface area contributed by atoms with Crippen molar-refractivity contribution in [3.05, 3.63) is 53.6 Å². The summed E-state index contributed by atoms with van der Waals surface area (Å²) in [6.07, 6.45) is 0.563. The summed E-state index contributed by atoms with van der Waals surface area (Å²) >= 11 is 0. The zero-order valence-electron chi connectivity index (χ0n) is 12.0. The van der Waals surface area contributed by atoms with E-state index in [0.717, 1.165) is 10.8 Å². The van der Waals surface area contributed by atoms with Crippen molar-refractivity contribution in [3.63, 3.8) is 0 Å². The summed E-state index contributed by atoms with van der Waals surface area (Å²) in [4.78, 5) is 23.0. The van der Waals surface area contributed by atoms with Gasteiger partial charge in [0.25, 0.3) is 5.91 Å². The molecule has 0 fully saturated rings. The minimum absolute atomic E-state index is 0.148. The molecule has 0 aliphatic rings. The molecule has 0 heterocycles. The molecule has 2 aromatic carbocycles. The molecule has 0 aromatic heterocycles. The first-order chi connectivity index (χ1) is 10.6. The quantitative estimate of drug-likeness (QED) is 0.697. The van der Waals surface area contributed by atoms with Crippen LogP contribution >= 0.6 is 0 Å². The topological polar surface area (TPSA) is 79.2 Å². The summed E-state index contributed by atoms with van der Waals surface area (Å²) in [5, 5.41) is 13.1. The molecule has 0 saturated carbocycles. The van der Waals surface area contributed by atoms with Gasteiger partial charge < -0.3 is 4.74 Å². The molecule has 22 heavy (non-hydrogen) atoms. The van der Waals surface area contributed by atoms with E-state index in [9.17, 15) is 9.59 Å². The van der Waals surface area contributed by atoms with Crippen LogP contribution in [0.25, 0.3) is 16.8 Å². The van der Waals surface area contributed by atoms with Gasteiger partial charge in [0.1, 0.15) is 11.6 Å². The summed E-state index contributed by atoms with van der Waals surface area (Å²) in [5.74, 6) is -0.783. The number of hydrogen-bond acceptors (Lipinski definition) is 4. The van der Waals surface area contributed by atoms with Crippen LogP contribution in [0, 0.1) is 11.3 Å². The van der Waals surface area contributed by atoms with Crippen molar-refractivity contribution >= 4 is 28.8 Å². The third-order valence-electron chi connectivity index (χ3n) is 2.94. The minimum atomic E-state index is -0.868. The predicted molar refractivity (Wildman–Crippen MR) is 82.7 cm³/mol. The lowest BCUT2D eigenvalue weighted by Gasteiger charge is -2.03. The van der Waals surface area contributed by atoms with Crippen molar-refractivity contribution < 1.29 is 14.3 Å². The van der Waals surface area contributed by atoms with E-state index in [1.54, 1.807) is 19.1 Å². The maximum absolute atomic E-state index is 11.8. The molecule has 5 heteroatoms. The molecule has 2 amide bonds. The van der Waals surface area contributed by atoms with Crippen molar-refractivity contribution in [2.45, 2.75) is 6.92 Å². The lowest BCUT2D eigenvalue weighted by molar-refractivity contribution is -0.116. The van der Waals surface area contributed by atoms with Crippen LogP contribution in [0.4, 0.5) is 4.79 Å². The molecule has 0 saturated heterocycles. The number of carbonyl (C=O) groups excluding carboxylic acids is 2. The van der Waals surface area contributed by atoms with Crippen LogP contribution in [0.15, 0.2) is 48.0 Å². The van der Waals surface area contributed by atoms with Gasteiger partial charge >= 0.3 is 6.09 Å². The maximum Gasteiger partial charge on any atom is 0.414 e. The lowest BCUT2D eigenvalue weighted by atomic mass is 10.1. The Labute approximate surface area is 127 Å². The number of alkyl carbamates (subject to hydrolysis) is 1. The average molecular weight is 294 g/mol. The van der Waals surface area contributed by atoms with E-state index in [1.165, 1.54) is 6.08 Å². The average Bonchev–Trinajstić information content (AvgIpc) is 2.52. The normalized spacial score (nSPS) is 10.8. The number of carbonyl (C=O) groups is 2. The first-order valence-corrected chi connectivity index (χ1v) is 6.72. The largest absolute Gasteiger partial charge is 0.450 e. The highest BCUT2D eigenvalue weighted by atomic mass is 16.5. The van der Waals surface area contributed by atoms with Crippen LogP contribution in [0.5, 0.6) is 0 Å². The van der Waals surface area contributed by atoms with Gasteiger partial charge in [-0.3, -0.25) is 10.1 Å². The van der Waals surface area contributed by atoms with Gasteiger partial charge in [0.2, 0.25) is 0 Å². The molecular formula is C17H14N2O3. The number of nitriles is 1. The fraction of sp³-hybridized carbons (Fsp3) is 0.118. The molecule has 0 spiro atoms. The third kappa shape index (κ3) is 3.70. The first-order valence-electron chi connectivity index (χ1n) is 6.72. The smallest absolute Gasteiger partial charge is 0.414 e. The highest BCUT2D eigenvalue weighted by molar-refractivity contribution is 6.08. The molecule has 0 radical (unpaired) electrons. The highest BCUT2D eigenvalue weighted by Gasteiger charge is 2.13. The fourth-order valence-electron chi connectivity index (χ4n) is 1.94. The van der Waals surface area contributed by atoms with Crippen molar-refractivity contribution in [1.29, 1.82) is 5.26 Å². The number of ether oxygens (including phenoxy) is 1. The molecule has 0 unspecified atom stereocenters. The van der Waals surface area contributed by atoms with E-state index >= 15 is 0 Å². The summed E-state index contributed by atoms with van der Waals surface area (Å²) in [6.45, 7) is 1.77. The van der Waals surface area contributed by atoms with Crippen LogP contribution in [0.2, 0.25) is 0 Å². The van der Waals surface area contributed by atoms with Crippen LogP contribution in [0.1, 0.15) is 12.5 Å². The van der Waals surface area contributed by atoms with Gasteiger partial charge in [0, 0.05) is 0 Å². The second-order valence-electron chi connectivity index (χ2n) is 4.45. The molecule has 0 atom stereocenters. The second kappa shape index (κ2) is 7.04. The Balaban J connectivity index is 2.25. The lowest BCUT2D eigenvalue weighted by Crippen LogP contribution is -2.31. The van der Waals surface area contributed by atoms with Gasteiger partial charge in [-0.2, -0.15) is 5.26 Å². The van der Waals surface area contributed by atoms with Gasteiger partial charge in [-0.1, -0.05) is 36.4 Å². The second-order valence-corrected chi connectivity index (χ2v) is 4.45. The third-order valence-corrected chi connectivity index (χ3v) is 2.94. The summed E-state index contributed by atoms with van der Waals surface area (Å²) in [7, 11) is 0. The number of rotatable bonds is 3. The Morgan fingerprint density at radius 3 is 2.64 bits per heavy atom. The Hall–Kier alpha value is -3.13. The zero-order valence-corrected chi connectivity index (χ0v) is 12.0. The Bertz CT molecular complexity index is 788. The maximum atomic E-state index is 11.8. The molecule has 0 aliphatic carbocycles. The van der Waals surface area contributed by atoms with E-state index in [2.05, 4.69) is 4.74 Å². The SMILES string of the molecule is CCOC(=O)NC(=O)/C(C#N)=C/c1ccc2ccccc2c1. The molecule has 2 rings (SSSR count). The summed E-state index contributed by atoms with van der Waals surface area (Å²) < 4.78 is 4.61. The Morgan fingerprint density at radius 2 is 1.95 bits per heavy atom. The van der Waals surface area contributed by atoms with Crippen molar-refractivity contribution in [2.75, 3.05) is 6.61 Å². The van der Waals surface area contributed by atoms with E-state index < -0.39 is 12.0 Å². The van der Waals surface area contributed by atoms with E-state index in [1.807, 2.05) is 41.7 Å². The number of amides is 2. The van der Waals surface area contributed by atoms with Gasteiger partial charge in [0.05, 0.1) is 6.61 Å². The molecule has 0 aliphatic heterocycles. The Morgan fingerprint density at radius 1 is 1.23 bits per heavy atom. The summed E-state index contributed by atoms with van der Waals surface area (Å²) in [5.41, 5.74) is 0.539. The van der Waals surface area contributed by atoms with Crippen molar-refractivity contribution in [1.82, 2.24) is 5.32 Å². The molecule has 110 valence electrons. The Kier molecular flexibility index (Phi) is 4.89. The molecule has 0 bridgehead atoms. The number of nitrogens with one attached hydrogen (secondary N) is 1. The van der Waals surface area contributed by atoms with Crippen LogP contribution in [0.3, 0.4) is 0 Å².